The van der Waals surface area contributed by atoms with Gasteiger partial charge in [-0.15, -0.1) is 11.3 Å². The number of ether oxygens (including phenoxy) is 1. The van der Waals surface area contributed by atoms with Crippen molar-refractivity contribution in [2.24, 2.45) is 0 Å². The van der Waals surface area contributed by atoms with Crippen molar-refractivity contribution >= 4 is 27.3 Å². The Kier molecular flexibility index (Phi) is 6.58. The summed E-state index contributed by atoms with van der Waals surface area (Å²) in [7, 11) is 0. The Morgan fingerprint density at radius 3 is 2.81 bits per heavy atom. The van der Waals surface area contributed by atoms with E-state index in [0.29, 0.717) is 6.10 Å². The van der Waals surface area contributed by atoms with E-state index in [1.807, 2.05) is 0 Å². The first-order valence-electron chi connectivity index (χ1n) is 5.66. The number of rotatable bonds is 7. The van der Waals surface area contributed by atoms with Crippen molar-refractivity contribution in [3.8, 4) is 0 Å². The first-order chi connectivity index (χ1) is 7.59. The second-order valence-electron chi connectivity index (χ2n) is 4.12. The van der Waals surface area contributed by atoms with E-state index in [4.69, 9.17) is 4.74 Å². The number of thiophene rings is 1. The zero-order chi connectivity index (χ0) is 12.0. The van der Waals surface area contributed by atoms with Gasteiger partial charge in [-0.2, -0.15) is 0 Å². The molecule has 92 valence electrons. The van der Waals surface area contributed by atoms with E-state index in [1.54, 1.807) is 11.3 Å². The molecule has 4 heteroatoms. The topological polar surface area (TPSA) is 21.3 Å². The molecule has 1 aromatic heterocycles. The molecule has 0 fully saturated rings. The first kappa shape index (κ1) is 14.2. The van der Waals surface area contributed by atoms with Crippen molar-refractivity contribution in [3.05, 3.63) is 20.3 Å². The summed E-state index contributed by atoms with van der Waals surface area (Å²) < 4.78 is 6.72. The zero-order valence-corrected chi connectivity index (χ0v) is 12.6. The lowest BCUT2D eigenvalue weighted by Gasteiger charge is -2.07. The first-order valence-corrected chi connectivity index (χ1v) is 7.27. The standard InChI is InChI=1S/C12H20BrNOS/c1-9(2)15-6-4-5-14-8-11-7-10(3)12(13)16-11/h7,9,14H,4-6,8H2,1-3H3. The molecule has 0 radical (unpaired) electrons. The Labute approximate surface area is 111 Å². The van der Waals surface area contributed by atoms with Crippen molar-refractivity contribution in [2.75, 3.05) is 13.2 Å². The van der Waals surface area contributed by atoms with Crippen LogP contribution >= 0.6 is 27.3 Å². The van der Waals surface area contributed by atoms with Crippen LogP contribution in [0.15, 0.2) is 9.85 Å². The zero-order valence-electron chi connectivity index (χ0n) is 10.2. The van der Waals surface area contributed by atoms with Crippen molar-refractivity contribution in [3.63, 3.8) is 0 Å². The highest BCUT2D eigenvalue weighted by Gasteiger charge is 2.01. The van der Waals surface area contributed by atoms with Gasteiger partial charge in [-0.3, -0.25) is 0 Å². The summed E-state index contributed by atoms with van der Waals surface area (Å²) >= 11 is 5.34. The summed E-state index contributed by atoms with van der Waals surface area (Å²) in [5.74, 6) is 0. The molecule has 0 bridgehead atoms. The molecule has 0 atom stereocenters. The Balaban J connectivity index is 2.07. The monoisotopic (exact) mass is 305 g/mol. The van der Waals surface area contributed by atoms with E-state index in [2.05, 4.69) is 48.1 Å². The number of halogens is 1. The molecule has 0 saturated carbocycles. The maximum atomic E-state index is 5.47. The van der Waals surface area contributed by atoms with Crippen molar-refractivity contribution in [1.82, 2.24) is 5.32 Å². The summed E-state index contributed by atoms with van der Waals surface area (Å²) in [6.07, 6.45) is 1.42. The number of aryl methyl sites for hydroxylation is 1. The Morgan fingerprint density at radius 2 is 2.25 bits per heavy atom. The van der Waals surface area contributed by atoms with Crippen LogP contribution in [0, 0.1) is 6.92 Å². The van der Waals surface area contributed by atoms with Crippen molar-refractivity contribution in [1.29, 1.82) is 0 Å². The van der Waals surface area contributed by atoms with Gasteiger partial charge < -0.3 is 10.1 Å². The minimum Gasteiger partial charge on any atom is -0.379 e. The van der Waals surface area contributed by atoms with Crippen LogP contribution in [-0.4, -0.2) is 19.3 Å². The van der Waals surface area contributed by atoms with Crippen molar-refractivity contribution in [2.45, 2.75) is 39.8 Å². The number of hydrogen-bond donors (Lipinski definition) is 1. The van der Waals surface area contributed by atoms with E-state index in [-0.39, 0.29) is 0 Å². The van der Waals surface area contributed by atoms with E-state index in [0.717, 1.165) is 26.1 Å². The van der Waals surface area contributed by atoms with Gasteiger partial charge >= 0.3 is 0 Å². The summed E-state index contributed by atoms with van der Waals surface area (Å²) in [4.78, 5) is 1.38. The normalized spacial score (nSPS) is 11.3. The summed E-state index contributed by atoms with van der Waals surface area (Å²) in [6, 6.07) is 2.23. The molecular formula is C12H20BrNOS. The predicted molar refractivity (Wildman–Crippen MR) is 74.2 cm³/mol. The van der Waals surface area contributed by atoms with Crippen molar-refractivity contribution < 1.29 is 4.74 Å². The van der Waals surface area contributed by atoms with E-state index in [1.165, 1.54) is 14.2 Å². The number of nitrogens with one attached hydrogen (secondary N) is 1. The average Bonchev–Trinajstić information content (AvgIpc) is 2.52. The van der Waals surface area contributed by atoms with Crippen LogP contribution in [-0.2, 0) is 11.3 Å². The van der Waals surface area contributed by atoms with Gasteiger partial charge in [0.1, 0.15) is 0 Å². The molecule has 0 unspecified atom stereocenters. The lowest BCUT2D eigenvalue weighted by atomic mass is 10.3. The van der Waals surface area contributed by atoms with Gasteiger partial charge in [0, 0.05) is 18.0 Å². The van der Waals surface area contributed by atoms with Crippen LogP contribution < -0.4 is 5.32 Å². The molecule has 0 amide bonds. The maximum absolute atomic E-state index is 5.47. The van der Waals surface area contributed by atoms with E-state index < -0.39 is 0 Å². The average molecular weight is 306 g/mol. The smallest absolute Gasteiger partial charge is 0.0730 e. The second-order valence-corrected chi connectivity index (χ2v) is 6.57. The molecule has 0 saturated heterocycles. The highest BCUT2D eigenvalue weighted by atomic mass is 79.9. The summed E-state index contributed by atoms with van der Waals surface area (Å²) in [6.45, 7) is 9.08. The minimum absolute atomic E-state index is 0.343. The Morgan fingerprint density at radius 1 is 1.50 bits per heavy atom. The molecule has 2 nitrogen and oxygen atoms in total. The molecule has 1 rings (SSSR count). The third-order valence-corrected chi connectivity index (χ3v) is 4.29. The van der Waals surface area contributed by atoms with Gasteiger partial charge in [0.15, 0.2) is 0 Å². The van der Waals surface area contributed by atoms with Crippen LogP contribution in [0.2, 0.25) is 0 Å². The quantitative estimate of drug-likeness (QED) is 0.775. The van der Waals surface area contributed by atoms with Crippen LogP contribution in [0.4, 0.5) is 0 Å². The van der Waals surface area contributed by atoms with Gasteiger partial charge in [0.05, 0.1) is 9.89 Å². The van der Waals surface area contributed by atoms with Crippen LogP contribution in [0.5, 0.6) is 0 Å². The molecule has 0 aliphatic carbocycles. The number of hydrogen-bond acceptors (Lipinski definition) is 3. The van der Waals surface area contributed by atoms with E-state index >= 15 is 0 Å². The summed E-state index contributed by atoms with van der Waals surface area (Å²) in [5.41, 5.74) is 1.32. The predicted octanol–water partition coefficient (Wildman–Crippen LogP) is 3.72. The second kappa shape index (κ2) is 7.43. The highest BCUT2D eigenvalue weighted by Crippen LogP contribution is 2.26. The molecule has 1 N–H and O–H groups in total. The highest BCUT2D eigenvalue weighted by molar-refractivity contribution is 9.11. The molecule has 0 aromatic carbocycles. The molecule has 0 aliphatic heterocycles. The molecular weight excluding hydrogens is 286 g/mol. The molecule has 0 spiro atoms. The van der Waals surface area contributed by atoms with Gasteiger partial charge in [-0.05, 0) is 61.3 Å². The fourth-order valence-electron chi connectivity index (χ4n) is 1.34. The van der Waals surface area contributed by atoms with Gasteiger partial charge in [0.25, 0.3) is 0 Å². The van der Waals surface area contributed by atoms with Gasteiger partial charge in [-0.1, -0.05) is 0 Å². The lowest BCUT2D eigenvalue weighted by Crippen LogP contribution is -2.16. The summed E-state index contributed by atoms with van der Waals surface area (Å²) in [5, 5.41) is 3.43. The molecule has 0 aliphatic rings. The molecule has 1 heterocycles. The fourth-order valence-corrected chi connectivity index (χ4v) is 2.94. The fraction of sp³-hybridized carbons (Fsp3) is 0.667. The molecule has 16 heavy (non-hydrogen) atoms. The van der Waals surface area contributed by atoms with Gasteiger partial charge in [-0.25, -0.2) is 0 Å². The van der Waals surface area contributed by atoms with Crippen LogP contribution in [0.3, 0.4) is 0 Å². The van der Waals surface area contributed by atoms with Crippen LogP contribution in [0.1, 0.15) is 30.7 Å². The van der Waals surface area contributed by atoms with Crippen LogP contribution in [0.25, 0.3) is 0 Å². The Bertz CT molecular complexity index is 292. The van der Waals surface area contributed by atoms with E-state index in [9.17, 15) is 0 Å². The third-order valence-electron chi connectivity index (χ3n) is 2.16. The molecule has 1 aromatic rings. The van der Waals surface area contributed by atoms with Gasteiger partial charge in [0.2, 0.25) is 0 Å². The SMILES string of the molecule is Cc1cc(CNCCCOC(C)C)sc1Br. The lowest BCUT2D eigenvalue weighted by molar-refractivity contribution is 0.0770. The Hall–Kier alpha value is 0.100. The minimum atomic E-state index is 0.343. The third kappa shape index (κ3) is 5.43. The largest absolute Gasteiger partial charge is 0.379 e. The maximum Gasteiger partial charge on any atom is 0.0730 e.